The first-order chi connectivity index (χ1) is 15.0. The molecule has 0 unspecified atom stereocenters. The summed E-state index contributed by atoms with van der Waals surface area (Å²) in [5.41, 5.74) is 3.31. The van der Waals surface area contributed by atoms with Crippen molar-refractivity contribution in [2.24, 2.45) is 0 Å². The number of anilines is 2. The van der Waals surface area contributed by atoms with Gasteiger partial charge in [-0.2, -0.15) is 0 Å². The zero-order valence-electron chi connectivity index (χ0n) is 17.8. The predicted octanol–water partition coefficient (Wildman–Crippen LogP) is 3.70. The number of fused-ring (bicyclic) bond motifs is 2. The number of benzene rings is 2. The zero-order chi connectivity index (χ0) is 21.5. The lowest BCUT2D eigenvalue weighted by Crippen LogP contribution is -2.56. The van der Waals surface area contributed by atoms with E-state index in [0.29, 0.717) is 24.2 Å². The number of hydrogen-bond acceptors (Lipinski definition) is 4. The fourth-order valence-corrected chi connectivity index (χ4v) is 5.21. The maximum absolute atomic E-state index is 13.2. The molecule has 3 aliphatic heterocycles. The molecule has 0 spiro atoms. The highest BCUT2D eigenvalue weighted by atomic mass is 35.5. The van der Waals surface area contributed by atoms with E-state index < -0.39 is 0 Å². The fourth-order valence-electron chi connectivity index (χ4n) is 5.03. The van der Waals surface area contributed by atoms with Crippen LogP contribution in [0.15, 0.2) is 42.5 Å². The molecule has 0 aliphatic carbocycles. The Morgan fingerprint density at radius 1 is 1.00 bits per heavy atom. The van der Waals surface area contributed by atoms with Crippen molar-refractivity contribution >= 4 is 34.8 Å². The maximum Gasteiger partial charge on any atom is 0.257 e. The fraction of sp³-hybridized carbons (Fsp3) is 0.417. The van der Waals surface area contributed by atoms with E-state index in [1.54, 1.807) is 6.07 Å². The molecule has 3 aliphatic rings. The summed E-state index contributed by atoms with van der Waals surface area (Å²) in [4.78, 5) is 34.5. The lowest BCUT2D eigenvalue weighted by molar-refractivity contribution is 0.0588. The van der Waals surface area contributed by atoms with Gasteiger partial charge in [-0.25, -0.2) is 0 Å². The van der Waals surface area contributed by atoms with E-state index in [1.165, 1.54) is 0 Å². The number of nitrogens with zero attached hydrogens (tertiary/aromatic N) is 4. The Morgan fingerprint density at radius 3 is 2.58 bits per heavy atom. The number of carbonyl (C=O) groups excluding carboxylic acids is 2. The van der Waals surface area contributed by atoms with Gasteiger partial charge >= 0.3 is 0 Å². The molecular formula is C24H27ClN4O2. The smallest absolute Gasteiger partial charge is 0.257 e. The number of halogens is 1. The molecule has 5 rings (SSSR count). The Hall–Kier alpha value is -2.73. The van der Waals surface area contributed by atoms with E-state index in [1.807, 2.05) is 53.2 Å². The third-order valence-electron chi connectivity index (χ3n) is 6.77. The quantitative estimate of drug-likeness (QED) is 0.717. The van der Waals surface area contributed by atoms with Crippen LogP contribution in [0.2, 0.25) is 5.02 Å². The van der Waals surface area contributed by atoms with Gasteiger partial charge in [0.05, 0.1) is 11.3 Å². The Morgan fingerprint density at radius 2 is 1.81 bits per heavy atom. The van der Waals surface area contributed by atoms with Crippen LogP contribution in [0.3, 0.4) is 0 Å². The summed E-state index contributed by atoms with van der Waals surface area (Å²) >= 11 is 6.12. The van der Waals surface area contributed by atoms with Crippen LogP contribution < -0.4 is 9.80 Å². The van der Waals surface area contributed by atoms with Crippen LogP contribution in [0.4, 0.5) is 11.4 Å². The highest BCUT2D eigenvalue weighted by molar-refractivity contribution is 6.30. The number of amides is 2. The van der Waals surface area contributed by atoms with Crippen LogP contribution in [0, 0.1) is 0 Å². The summed E-state index contributed by atoms with van der Waals surface area (Å²) in [5.74, 6) is 0.118. The van der Waals surface area contributed by atoms with Gasteiger partial charge in [-0.05, 0) is 55.7 Å². The SMILES string of the molecule is CN1c2cc(C(=O)N3CCN(c4cccc(Cl)c4)CC3)ccc2C(=O)N2CCCC[C@@H]21. The van der Waals surface area contributed by atoms with Crippen molar-refractivity contribution in [2.45, 2.75) is 25.4 Å². The molecule has 0 saturated carbocycles. The molecule has 2 amide bonds. The van der Waals surface area contributed by atoms with Gasteiger partial charge in [0.2, 0.25) is 0 Å². The number of carbonyl (C=O) groups is 2. The summed E-state index contributed by atoms with van der Waals surface area (Å²) in [7, 11) is 2.03. The second-order valence-corrected chi connectivity index (χ2v) is 9.01. The average molecular weight is 439 g/mol. The maximum atomic E-state index is 13.2. The third-order valence-corrected chi connectivity index (χ3v) is 7.01. The average Bonchev–Trinajstić information content (AvgIpc) is 2.82. The molecule has 31 heavy (non-hydrogen) atoms. The molecule has 2 fully saturated rings. The van der Waals surface area contributed by atoms with Crippen molar-refractivity contribution in [3.63, 3.8) is 0 Å². The largest absolute Gasteiger partial charge is 0.368 e. The van der Waals surface area contributed by atoms with E-state index in [2.05, 4.69) is 9.80 Å². The number of hydrogen-bond donors (Lipinski definition) is 0. The highest BCUT2D eigenvalue weighted by Gasteiger charge is 2.37. The standard InChI is InChI=1S/C24H27ClN4O2/c1-26-21-15-17(8-9-20(21)24(31)29-10-3-2-7-22(26)29)23(30)28-13-11-27(12-14-28)19-6-4-5-18(25)16-19/h4-6,8-9,15-16,22H,2-3,7,10-14H2,1H3/t22-/m1/s1. The first-order valence-corrected chi connectivity index (χ1v) is 11.4. The van der Waals surface area contributed by atoms with Crippen molar-refractivity contribution in [1.29, 1.82) is 0 Å². The van der Waals surface area contributed by atoms with Crippen LogP contribution in [-0.4, -0.2) is 67.6 Å². The van der Waals surface area contributed by atoms with Gasteiger partial charge in [0, 0.05) is 56.0 Å². The van der Waals surface area contributed by atoms with Crippen molar-refractivity contribution < 1.29 is 9.59 Å². The van der Waals surface area contributed by atoms with Gasteiger partial charge in [-0.15, -0.1) is 0 Å². The first kappa shape index (κ1) is 20.2. The molecule has 2 saturated heterocycles. The van der Waals surface area contributed by atoms with E-state index >= 15 is 0 Å². The molecule has 0 bridgehead atoms. The summed E-state index contributed by atoms with van der Waals surface area (Å²) < 4.78 is 0. The van der Waals surface area contributed by atoms with Crippen LogP contribution in [0.1, 0.15) is 40.0 Å². The normalized spacial score (nSPS) is 21.1. The van der Waals surface area contributed by atoms with Gasteiger partial charge in [0.1, 0.15) is 6.17 Å². The Labute approximate surface area is 188 Å². The van der Waals surface area contributed by atoms with E-state index in [0.717, 1.165) is 55.3 Å². The van der Waals surface area contributed by atoms with E-state index in [4.69, 9.17) is 11.6 Å². The van der Waals surface area contributed by atoms with Crippen LogP contribution >= 0.6 is 11.6 Å². The molecular weight excluding hydrogens is 412 g/mol. The minimum absolute atomic E-state index is 0.0282. The Balaban J connectivity index is 1.32. The molecule has 2 aromatic rings. The molecule has 162 valence electrons. The Kier molecular flexibility index (Phi) is 5.26. The lowest BCUT2D eigenvalue weighted by atomic mass is 9.97. The van der Waals surface area contributed by atoms with Gasteiger partial charge in [-0.3, -0.25) is 9.59 Å². The summed E-state index contributed by atoms with van der Waals surface area (Å²) in [6, 6.07) is 13.4. The van der Waals surface area contributed by atoms with Gasteiger partial charge in [0.15, 0.2) is 0 Å². The lowest BCUT2D eigenvalue weighted by Gasteiger charge is -2.46. The number of rotatable bonds is 2. The molecule has 0 aromatic heterocycles. The second-order valence-electron chi connectivity index (χ2n) is 8.58. The molecule has 1 atom stereocenters. The van der Waals surface area contributed by atoms with Crippen LogP contribution in [0.25, 0.3) is 0 Å². The highest BCUT2D eigenvalue weighted by Crippen LogP contribution is 2.35. The minimum atomic E-state index is 0.0282. The van der Waals surface area contributed by atoms with Crippen molar-refractivity contribution in [3.8, 4) is 0 Å². The van der Waals surface area contributed by atoms with Gasteiger partial charge in [-0.1, -0.05) is 17.7 Å². The monoisotopic (exact) mass is 438 g/mol. The Bertz CT molecular complexity index is 1020. The number of piperidine rings is 1. The summed E-state index contributed by atoms with van der Waals surface area (Å²) in [5, 5.41) is 0.722. The molecule has 2 aromatic carbocycles. The summed E-state index contributed by atoms with van der Waals surface area (Å²) in [6.45, 7) is 3.67. The topological polar surface area (TPSA) is 47.1 Å². The molecule has 3 heterocycles. The molecule has 0 N–H and O–H groups in total. The molecule has 6 nitrogen and oxygen atoms in total. The van der Waals surface area contributed by atoms with Crippen molar-refractivity contribution in [3.05, 3.63) is 58.6 Å². The van der Waals surface area contributed by atoms with Gasteiger partial charge < -0.3 is 19.6 Å². The van der Waals surface area contributed by atoms with Crippen molar-refractivity contribution in [1.82, 2.24) is 9.80 Å². The van der Waals surface area contributed by atoms with Crippen molar-refractivity contribution in [2.75, 3.05) is 49.6 Å². The van der Waals surface area contributed by atoms with Gasteiger partial charge in [0.25, 0.3) is 11.8 Å². The third kappa shape index (κ3) is 3.63. The van der Waals surface area contributed by atoms with E-state index in [-0.39, 0.29) is 18.0 Å². The first-order valence-electron chi connectivity index (χ1n) is 11.0. The molecule has 7 heteroatoms. The van der Waals surface area contributed by atoms with Crippen LogP contribution in [-0.2, 0) is 0 Å². The zero-order valence-corrected chi connectivity index (χ0v) is 18.5. The number of piperazine rings is 1. The summed E-state index contributed by atoms with van der Waals surface area (Å²) in [6.07, 6.45) is 3.26. The predicted molar refractivity (Wildman–Crippen MR) is 123 cm³/mol. The van der Waals surface area contributed by atoms with Crippen LogP contribution in [0.5, 0.6) is 0 Å². The minimum Gasteiger partial charge on any atom is -0.368 e. The second kappa shape index (κ2) is 8.08. The molecule has 0 radical (unpaired) electrons. The van der Waals surface area contributed by atoms with E-state index in [9.17, 15) is 9.59 Å².